The van der Waals surface area contributed by atoms with Gasteiger partial charge in [-0.2, -0.15) is 18.2 Å². The van der Waals surface area contributed by atoms with E-state index in [1.165, 1.54) is 30.2 Å². The fourth-order valence-corrected chi connectivity index (χ4v) is 4.41. The number of fused-ring (bicyclic) bond motifs is 2. The number of halogens is 3. The Hall–Kier alpha value is -4.06. The van der Waals surface area contributed by atoms with E-state index in [1.54, 1.807) is 24.4 Å². The molecule has 2 N–H and O–H groups in total. The van der Waals surface area contributed by atoms with Crippen LogP contribution in [-0.2, 0) is 25.7 Å². The fourth-order valence-electron chi connectivity index (χ4n) is 4.41. The zero-order valence-electron chi connectivity index (χ0n) is 20.1. The number of rotatable bonds is 7. The van der Waals surface area contributed by atoms with Crippen LogP contribution in [0.25, 0.3) is 10.9 Å². The summed E-state index contributed by atoms with van der Waals surface area (Å²) < 4.78 is 46.5. The first-order chi connectivity index (χ1) is 17.6. The van der Waals surface area contributed by atoms with Crippen LogP contribution in [0.15, 0.2) is 48.7 Å². The van der Waals surface area contributed by atoms with E-state index in [0.29, 0.717) is 29.0 Å². The molecule has 2 aromatic carbocycles. The minimum absolute atomic E-state index is 0.000189. The Morgan fingerprint density at radius 2 is 1.84 bits per heavy atom. The van der Waals surface area contributed by atoms with E-state index in [-0.39, 0.29) is 30.0 Å². The highest BCUT2D eigenvalue weighted by Crippen LogP contribution is 2.45. The van der Waals surface area contributed by atoms with Crippen molar-refractivity contribution in [2.45, 2.75) is 32.1 Å². The standard InChI is InChI=1S/C25H25F3N4O5/c1-3-30-14-17(16-7-4-5-8-18(16)30)21-22(33)31(12-6-11-29)20-13-15(23(34)36-2)9-10-19(20)32(21)37-24(35)25(26,27)28/h4-5,7-10,13-14,21H,3,6,11-12,29H2,1-2H3. The van der Waals surface area contributed by atoms with E-state index in [0.717, 1.165) is 5.52 Å². The molecule has 1 unspecified atom stereocenters. The lowest BCUT2D eigenvalue weighted by molar-refractivity contribution is -0.202. The van der Waals surface area contributed by atoms with E-state index in [2.05, 4.69) is 0 Å². The minimum atomic E-state index is -5.31. The molecule has 2 heterocycles. The highest BCUT2D eigenvalue weighted by Gasteiger charge is 2.48. The lowest BCUT2D eigenvalue weighted by atomic mass is 9.99. The number of hydrogen-bond donors (Lipinski definition) is 1. The number of benzene rings is 2. The zero-order chi connectivity index (χ0) is 26.9. The van der Waals surface area contributed by atoms with E-state index in [4.69, 9.17) is 15.3 Å². The van der Waals surface area contributed by atoms with Crippen molar-refractivity contribution >= 4 is 40.1 Å². The van der Waals surface area contributed by atoms with Crippen LogP contribution in [0.2, 0.25) is 0 Å². The molecule has 0 saturated heterocycles. The molecule has 37 heavy (non-hydrogen) atoms. The number of carbonyl (C=O) groups is 3. The molecule has 12 heteroatoms. The Labute approximate surface area is 210 Å². The van der Waals surface area contributed by atoms with Gasteiger partial charge in [0.25, 0.3) is 5.91 Å². The van der Waals surface area contributed by atoms with Gasteiger partial charge in [-0.05, 0) is 44.2 Å². The van der Waals surface area contributed by atoms with Crippen LogP contribution in [0.5, 0.6) is 0 Å². The van der Waals surface area contributed by atoms with Gasteiger partial charge in [-0.15, -0.1) is 0 Å². The maximum Gasteiger partial charge on any atom is 0.493 e. The number of para-hydroxylation sites is 1. The molecule has 9 nitrogen and oxygen atoms in total. The average Bonchev–Trinajstić information content (AvgIpc) is 3.25. The topological polar surface area (TPSA) is 107 Å². The van der Waals surface area contributed by atoms with Gasteiger partial charge in [-0.3, -0.25) is 4.79 Å². The summed E-state index contributed by atoms with van der Waals surface area (Å²) in [6, 6.07) is 9.64. The highest BCUT2D eigenvalue weighted by atomic mass is 19.4. The third kappa shape index (κ3) is 4.71. The molecule has 1 aromatic heterocycles. The normalized spacial score (nSPS) is 15.6. The molecule has 1 aliphatic heterocycles. The molecule has 3 aromatic rings. The number of aromatic nitrogens is 1. The van der Waals surface area contributed by atoms with Gasteiger partial charge in [-0.1, -0.05) is 18.2 Å². The van der Waals surface area contributed by atoms with Crippen molar-refractivity contribution in [3.63, 3.8) is 0 Å². The molecule has 0 bridgehead atoms. The molecule has 1 aliphatic rings. The van der Waals surface area contributed by atoms with Crippen molar-refractivity contribution in [2.24, 2.45) is 5.73 Å². The Kier molecular flexibility index (Phi) is 7.12. The lowest BCUT2D eigenvalue weighted by Crippen LogP contribution is -2.50. The summed E-state index contributed by atoms with van der Waals surface area (Å²) in [5, 5.41) is 1.29. The van der Waals surface area contributed by atoms with Crippen LogP contribution in [0.1, 0.15) is 35.3 Å². The third-order valence-corrected chi connectivity index (χ3v) is 6.11. The molecular formula is C25H25F3N4O5. The number of aryl methyl sites for hydroxylation is 1. The first-order valence-corrected chi connectivity index (χ1v) is 11.5. The summed E-state index contributed by atoms with van der Waals surface area (Å²) in [5.41, 5.74) is 6.95. The van der Waals surface area contributed by atoms with Crippen molar-refractivity contribution in [1.29, 1.82) is 0 Å². The molecule has 196 valence electrons. The molecule has 0 radical (unpaired) electrons. The van der Waals surface area contributed by atoms with Gasteiger partial charge in [-0.25, -0.2) is 9.59 Å². The fraction of sp³-hybridized carbons (Fsp3) is 0.320. The van der Waals surface area contributed by atoms with E-state index in [1.807, 2.05) is 17.6 Å². The predicted octanol–water partition coefficient (Wildman–Crippen LogP) is 3.71. The number of methoxy groups -OCH3 is 1. The van der Waals surface area contributed by atoms with Gasteiger partial charge < -0.3 is 24.8 Å². The van der Waals surface area contributed by atoms with Crippen LogP contribution >= 0.6 is 0 Å². The molecular weight excluding hydrogens is 493 g/mol. The van der Waals surface area contributed by atoms with E-state index >= 15 is 0 Å². The number of nitrogens with two attached hydrogens (primary N) is 1. The number of esters is 1. The summed E-state index contributed by atoms with van der Waals surface area (Å²) in [4.78, 5) is 44.4. The molecule has 1 amide bonds. The second kappa shape index (κ2) is 10.1. The largest absolute Gasteiger partial charge is 0.493 e. The number of hydrogen-bond acceptors (Lipinski definition) is 7. The number of anilines is 2. The quantitative estimate of drug-likeness (QED) is 0.475. The highest BCUT2D eigenvalue weighted by molar-refractivity contribution is 6.09. The lowest BCUT2D eigenvalue weighted by Gasteiger charge is -2.41. The van der Waals surface area contributed by atoms with Crippen molar-refractivity contribution in [3.05, 3.63) is 59.8 Å². The van der Waals surface area contributed by atoms with E-state index in [9.17, 15) is 27.6 Å². The third-order valence-electron chi connectivity index (χ3n) is 6.11. The van der Waals surface area contributed by atoms with Gasteiger partial charge in [0.05, 0.1) is 18.4 Å². The van der Waals surface area contributed by atoms with Gasteiger partial charge in [0.2, 0.25) is 0 Å². The van der Waals surface area contributed by atoms with Gasteiger partial charge in [0.1, 0.15) is 5.69 Å². The van der Waals surface area contributed by atoms with Gasteiger partial charge >= 0.3 is 18.1 Å². The van der Waals surface area contributed by atoms with E-state index < -0.39 is 30.1 Å². The maximum atomic E-state index is 14.0. The second-order valence-electron chi connectivity index (χ2n) is 8.32. The van der Waals surface area contributed by atoms with Crippen molar-refractivity contribution in [2.75, 3.05) is 30.2 Å². The summed E-state index contributed by atoms with van der Waals surface area (Å²) in [6.07, 6.45) is -3.27. The second-order valence-corrected chi connectivity index (χ2v) is 8.32. The Balaban J connectivity index is 1.96. The Morgan fingerprint density at radius 1 is 1.11 bits per heavy atom. The first-order valence-electron chi connectivity index (χ1n) is 11.5. The molecule has 4 rings (SSSR count). The molecule has 0 saturated carbocycles. The van der Waals surface area contributed by atoms with Crippen molar-refractivity contribution in [1.82, 2.24) is 4.57 Å². The summed E-state index contributed by atoms with van der Waals surface area (Å²) in [5.74, 6) is -3.83. The average molecular weight is 518 g/mol. The van der Waals surface area contributed by atoms with Crippen LogP contribution in [0.3, 0.4) is 0 Å². The smallest absolute Gasteiger partial charge is 0.465 e. The van der Waals surface area contributed by atoms with Gasteiger partial charge in [0.15, 0.2) is 6.04 Å². The van der Waals surface area contributed by atoms with Crippen LogP contribution in [0.4, 0.5) is 24.5 Å². The number of carbonyl (C=O) groups excluding carboxylic acids is 3. The van der Waals surface area contributed by atoms with Crippen LogP contribution in [-0.4, -0.2) is 48.8 Å². The Bertz CT molecular complexity index is 1350. The summed E-state index contributed by atoms with van der Waals surface area (Å²) in [7, 11) is 1.18. The Morgan fingerprint density at radius 3 is 2.49 bits per heavy atom. The van der Waals surface area contributed by atoms with Crippen molar-refractivity contribution < 1.29 is 37.1 Å². The minimum Gasteiger partial charge on any atom is -0.465 e. The molecule has 1 atom stereocenters. The maximum absolute atomic E-state index is 14.0. The molecule has 0 spiro atoms. The number of alkyl halides is 3. The first kappa shape index (κ1) is 26.0. The van der Waals surface area contributed by atoms with Crippen LogP contribution in [0, 0.1) is 0 Å². The predicted molar refractivity (Wildman–Crippen MR) is 129 cm³/mol. The van der Waals surface area contributed by atoms with Crippen molar-refractivity contribution in [3.8, 4) is 0 Å². The molecule has 0 aliphatic carbocycles. The van der Waals surface area contributed by atoms with Gasteiger partial charge in [0, 0.05) is 35.8 Å². The molecule has 0 fully saturated rings. The summed E-state index contributed by atoms with van der Waals surface area (Å²) >= 11 is 0. The number of ether oxygens (including phenoxy) is 1. The monoisotopic (exact) mass is 518 g/mol. The van der Waals surface area contributed by atoms with Crippen LogP contribution < -0.4 is 15.7 Å². The number of nitrogens with zero attached hydrogens (tertiary/aromatic N) is 3. The number of hydroxylamine groups is 1. The zero-order valence-corrected chi connectivity index (χ0v) is 20.1. The summed E-state index contributed by atoms with van der Waals surface area (Å²) in [6.45, 7) is 2.77. The number of amides is 1. The SMILES string of the molecule is CCn1cc(C2C(=O)N(CCCN)c3cc(C(=O)OC)ccc3N2OC(=O)C(F)(F)F)c2ccccc21.